The van der Waals surface area contributed by atoms with Gasteiger partial charge in [0.1, 0.15) is 16.2 Å². The Morgan fingerprint density at radius 2 is 1.82 bits per heavy atom. The van der Waals surface area contributed by atoms with Gasteiger partial charge in [-0.1, -0.05) is 6.07 Å². The number of nitro groups is 1. The normalized spacial score (nSPS) is 14.7. The molecule has 12 heteroatoms. The van der Waals surface area contributed by atoms with E-state index in [2.05, 4.69) is 0 Å². The van der Waals surface area contributed by atoms with Crippen LogP contribution in [-0.2, 0) is 10.0 Å². The van der Waals surface area contributed by atoms with E-state index < -0.39 is 26.5 Å². The number of hydrogen-bond donors (Lipinski definition) is 1. The van der Waals surface area contributed by atoms with Gasteiger partial charge >= 0.3 is 0 Å². The molecule has 2 aromatic carbocycles. The molecule has 1 aliphatic heterocycles. The number of aryl methyl sites for hydroxylation is 1. The third kappa shape index (κ3) is 4.86. The van der Waals surface area contributed by atoms with Crippen molar-refractivity contribution < 1.29 is 32.7 Å². The molecule has 3 rings (SSSR count). The van der Waals surface area contributed by atoms with Gasteiger partial charge in [-0.25, -0.2) is 8.42 Å². The summed E-state index contributed by atoms with van der Waals surface area (Å²) in [7, 11) is -2.63. The highest BCUT2D eigenvalue weighted by Gasteiger charge is 2.34. The molecular weight excluding hydrogens is 454 g/mol. The average Bonchev–Trinajstić information content (AvgIpc) is 2.80. The molecule has 0 atom stereocenters. The van der Waals surface area contributed by atoms with Crippen LogP contribution in [0.1, 0.15) is 22.8 Å². The fourth-order valence-electron chi connectivity index (χ4n) is 3.57. The molecule has 0 radical (unpaired) electrons. The first kappa shape index (κ1) is 24.3. The predicted octanol–water partition coefficient (Wildman–Crippen LogP) is 2.16. The van der Waals surface area contributed by atoms with Crippen molar-refractivity contribution in [2.24, 2.45) is 0 Å². The Kier molecular flexibility index (Phi) is 7.08. The number of nitro benzene ring substituents is 1. The van der Waals surface area contributed by atoms with Crippen molar-refractivity contribution >= 4 is 21.6 Å². The predicted molar refractivity (Wildman–Crippen MR) is 118 cm³/mol. The van der Waals surface area contributed by atoms with Gasteiger partial charge in [-0.2, -0.15) is 4.31 Å². The zero-order chi connectivity index (χ0) is 24.3. The number of ether oxygens (including phenoxy) is 2. The number of aromatic hydroxyl groups is 1. The summed E-state index contributed by atoms with van der Waals surface area (Å²) in [6.07, 6.45) is 0. The minimum atomic E-state index is -3.97. The van der Waals surface area contributed by atoms with E-state index in [4.69, 9.17) is 9.47 Å². The highest BCUT2D eigenvalue weighted by atomic mass is 32.2. The van der Waals surface area contributed by atoms with Crippen molar-refractivity contribution in [3.63, 3.8) is 0 Å². The summed E-state index contributed by atoms with van der Waals surface area (Å²) in [4.78, 5) is 25.2. The first-order valence-corrected chi connectivity index (χ1v) is 11.6. The van der Waals surface area contributed by atoms with E-state index in [-0.39, 0.29) is 60.5 Å². The number of hydrogen-bond acceptors (Lipinski definition) is 8. The molecule has 11 nitrogen and oxygen atoms in total. The maximum Gasteiger partial charge on any atom is 0.286 e. The zero-order valence-electron chi connectivity index (χ0n) is 18.5. The molecule has 1 aliphatic rings. The number of amides is 1. The summed E-state index contributed by atoms with van der Waals surface area (Å²) in [5.41, 5.74) is 0.0778. The molecule has 178 valence electrons. The minimum Gasteiger partial charge on any atom is -0.507 e. The highest BCUT2D eigenvalue weighted by Crippen LogP contribution is 2.36. The van der Waals surface area contributed by atoms with E-state index in [1.807, 2.05) is 0 Å². The lowest BCUT2D eigenvalue weighted by Crippen LogP contribution is -2.50. The van der Waals surface area contributed by atoms with Crippen molar-refractivity contribution in [3.05, 3.63) is 51.6 Å². The summed E-state index contributed by atoms with van der Waals surface area (Å²) in [6, 6.07) is 6.72. The Morgan fingerprint density at radius 1 is 1.15 bits per heavy atom. The second kappa shape index (κ2) is 9.63. The van der Waals surface area contributed by atoms with Crippen molar-refractivity contribution in [2.75, 3.05) is 39.9 Å². The molecule has 0 bridgehead atoms. The van der Waals surface area contributed by atoms with Gasteiger partial charge in [-0.15, -0.1) is 0 Å². The number of carbonyl (C=O) groups excluding carboxylic acids is 1. The Bertz CT molecular complexity index is 1170. The molecule has 0 saturated carbocycles. The lowest BCUT2D eigenvalue weighted by molar-refractivity contribution is -0.385. The maximum absolute atomic E-state index is 13.1. The van der Waals surface area contributed by atoms with Crippen LogP contribution in [0.4, 0.5) is 5.69 Å². The van der Waals surface area contributed by atoms with Crippen LogP contribution in [0.5, 0.6) is 17.2 Å². The van der Waals surface area contributed by atoms with E-state index >= 15 is 0 Å². The Hall–Kier alpha value is -3.38. The fourth-order valence-corrected chi connectivity index (χ4v) is 5.16. The molecule has 33 heavy (non-hydrogen) atoms. The van der Waals surface area contributed by atoms with Crippen LogP contribution in [0.25, 0.3) is 0 Å². The zero-order valence-corrected chi connectivity index (χ0v) is 19.3. The molecule has 0 aromatic heterocycles. The molecule has 1 heterocycles. The van der Waals surface area contributed by atoms with Crippen LogP contribution in [0.2, 0.25) is 0 Å². The van der Waals surface area contributed by atoms with E-state index in [1.54, 1.807) is 19.9 Å². The Balaban J connectivity index is 1.84. The van der Waals surface area contributed by atoms with Crippen LogP contribution >= 0.6 is 0 Å². The maximum atomic E-state index is 13.1. The number of rotatable bonds is 7. The van der Waals surface area contributed by atoms with Crippen molar-refractivity contribution in [1.82, 2.24) is 9.21 Å². The number of piperazine rings is 1. The number of methoxy groups -OCH3 is 1. The number of sulfonamides is 1. The van der Waals surface area contributed by atoms with Gasteiger partial charge in [0, 0.05) is 32.2 Å². The first-order chi connectivity index (χ1) is 15.6. The number of carbonyl (C=O) groups is 1. The molecule has 0 spiro atoms. The van der Waals surface area contributed by atoms with E-state index in [9.17, 15) is 28.4 Å². The fraction of sp³-hybridized carbons (Fsp3) is 0.381. The second-order valence-corrected chi connectivity index (χ2v) is 9.28. The lowest BCUT2D eigenvalue weighted by Gasteiger charge is -2.34. The number of benzene rings is 2. The molecule has 1 amide bonds. The molecule has 1 fully saturated rings. The van der Waals surface area contributed by atoms with Crippen LogP contribution in [0.3, 0.4) is 0 Å². The highest BCUT2D eigenvalue weighted by molar-refractivity contribution is 7.89. The summed E-state index contributed by atoms with van der Waals surface area (Å²) < 4.78 is 37.7. The SMILES string of the molecule is CCOc1cc(C(=O)N2CCN(S(=O)(=O)c3cc(C)ccc3O)CC2)c([N+](=O)[O-])cc1OC. The average molecular weight is 480 g/mol. The van der Waals surface area contributed by atoms with Crippen LogP contribution in [0.15, 0.2) is 35.2 Å². The standard InChI is InChI=1S/C21H25N3O8S/c1-4-32-19-12-15(16(24(27)28)13-18(19)31-3)21(26)22-7-9-23(10-8-22)33(29,30)20-11-14(2)5-6-17(20)25/h5-6,11-13,25H,4,7-10H2,1-3H3. The summed E-state index contributed by atoms with van der Waals surface area (Å²) >= 11 is 0. The Morgan fingerprint density at radius 3 is 2.39 bits per heavy atom. The second-order valence-electron chi connectivity index (χ2n) is 7.38. The van der Waals surface area contributed by atoms with Gasteiger partial charge in [0.05, 0.1) is 24.7 Å². The van der Waals surface area contributed by atoms with E-state index in [1.165, 1.54) is 34.5 Å². The van der Waals surface area contributed by atoms with Crippen molar-refractivity contribution in [1.29, 1.82) is 0 Å². The third-order valence-electron chi connectivity index (χ3n) is 5.27. The van der Waals surface area contributed by atoms with Gasteiger partial charge < -0.3 is 19.5 Å². The van der Waals surface area contributed by atoms with Crippen LogP contribution in [0, 0.1) is 17.0 Å². The Labute approximate surface area is 191 Å². The largest absolute Gasteiger partial charge is 0.507 e. The number of phenols is 1. The van der Waals surface area contributed by atoms with E-state index in [0.717, 1.165) is 6.07 Å². The molecule has 1 saturated heterocycles. The van der Waals surface area contributed by atoms with Gasteiger partial charge in [-0.05, 0) is 31.5 Å². The summed E-state index contributed by atoms with van der Waals surface area (Å²) in [5, 5.41) is 21.6. The van der Waals surface area contributed by atoms with Crippen LogP contribution < -0.4 is 9.47 Å². The summed E-state index contributed by atoms with van der Waals surface area (Å²) in [6.45, 7) is 3.72. The van der Waals surface area contributed by atoms with Gasteiger partial charge in [-0.3, -0.25) is 14.9 Å². The monoisotopic (exact) mass is 479 g/mol. The van der Waals surface area contributed by atoms with Crippen molar-refractivity contribution in [3.8, 4) is 17.2 Å². The van der Waals surface area contributed by atoms with Gasteiger partial charge in [0.25, 0.3) is 11.6 Å². The van der Waals surface area contributed by atoms with E-state index in [0.29, 0.717) is 5.56 Å². The molecule has 1 N–H and O–H groups in total. The molecule has 0 aliphatic carbocycles. The minimum absolute atomic E-state index is 0.0241. The summed E-state index contributed by atoms with van der Waals surface area (Å²) in [5.74, 6) is -0.628. The molecular formula is C21H25N3O8S. The number of phenolic OH excluding ortho intramolecular Hbond substituents is 1. The molecule has 2 aromatic rings. The number of nitrogens with zero attached hydrogens (tertiary/aromatic N) is 3. The third-order valence-corrected chi connectivity index (χ3v) is 7.20. The lowest BCUT2D eigenvalue weighted by atomic mass is 10.1. The molecule has 0 unspecified atom stereocenters. The smallest absolute Gasteiger partial charge is 0.286 e. The topological polar surface area (TPSA) is 140 Å². The van der Waals surface area contributed by atoms with Crippen molar-refractivity contribution in [2.45, 2.75) is 18.7 Å². The quantitative estimate of drug-likeness (QED) is 0.471. The van der Waals surface area contributed by atoms with Gasteiger partial charge in [0.2, 0.25) is 10.0 Å². The first-order valence-electron chi connectivity index (χ1n) is 10.2. The van der Waals surface area contributed by atoms with Crippen LogP contribution in [-0.4, -0.2) is 73.5 Å². The van der Waals surface area contributed by atoms with Gasteiger partial charge in [0.15, 0.2) is 11.5 Å².